The fourth-order valence-electron chi connectivity index (χ4n) is 2.23. The number of hydrogen-bond acceptors (Lipinski definition) is 4. The summed E-state index contributed by atoms with van der Waals surface area (Å²) in [6.07, 6.45) is 2.72. The van der Waals surface area contributed by atoms with Gasteiger partial charge in [-0.1, -0.05) is 29.4 Å². The van der Waals surface area contributed by atoms with Crippen molar-refractivity contribution in [2.24, 2.45) is 0 Å². The molecule has 1 fully saturated rings. The zero-order valence-corrected chi connectivity index (χ0v) is 12.9. The number of aliphatic hydroxyl groups excluding tert-OH is 1. The summed E-state index contributed by atoms with van der Waals surface area (Å²) in [7, 11) is 0. The van der Waals surface area contributed by atoms with Gasteiger partial charge in [0.25, 0.3) is 0 Å². The van der Waals surface area contributed by atoms with Crippen molar-refractivity contribution in [1.29, 1.82) is 0 Å². The molecule has 7 heteroatoms. The molecule has 2 aromatic rings. The van der Waals surface area contributed by atoms with Gasteiger partial charge in [0.2, 0.25) is 0 Å². The van der Waals surface area contributed by atoms with Gasteiger partial charge in [-0.2, -0.15) is 0 Å². The Hall–Kier alpha value is -1.11. The molecule has 1 aromatic heterocycles. The maximum atomic E-state index is 13.7. The largest absolute Gasteiger partial charge is 0.388 e. The van der Waals surface area contributed by atoms with E-state index >= 15 is 0 Å². The molecule has 1 aliphatic rings. The minimum atomic E-state index is -0.275. The second-order valence-corrected chi connectivity index (χ2v) is 6.43. The van der Waals surface area contributed by atoms with Gasteiger partial charge in [0.05, 0.1) is 0 Å². The summed E-state index contributed by atoms with van der Waals surface area (Å²) < 4.78 is 15.7. The van der Waals surface area contributed by atoms with Crippen molar-refractivity contribution in [2.45, 2.75) is 37.1 Å². The van der Waals surface area contributed by atoms with Crippen molar-refractivity contribution < 1.29 is 9.50 Å². The molecule has 0 bridgehead atoms. The van der Waals surface area contributed by atoms with Gasteiger partial charge >= 0.3 is 0 Å². The number of aliphatic hydroxyl groups is 1. The molecule has 1 aliphatic carbocycles. The van der Waals surface area contributed by atoms with Crippen LogP contribution in [0.1, 0.15) is 30.3 Å². The van der Waals surface area contributed by atoms with Crippen LogP contribution in [0.2, 0.25) is 5.02 Å². The Morgan fingerprint density at radius 2 is 2.19 bits per heavy atom. The van der Waals surface area contributed by atoms with E-state index in [0.29, 0.717) is 34.6 Å². The van der Waals surface area contributed by atoms with Gasteiger partial charge in [0.1, 0.15) is 12.4 Å². The Bertz CT molecular complexity index is 625. The van der Waals surface area contributed by atoms with Gasteiger partial charge in [-0.05, 0) is 31.4 Å². The van der Waals surface area contributed by atoms with E-state index in [1.54, 1.807) is 12.1 Å². The number of thioether (sulfide) groups is 1. The van der Waals surface area contributed by atoms with E-state index in [1.165, 1.54) is 17.8 Å². The van der Waals surface area contributed by atoms with E-state index < -0.39 is 0 Å². The lowest BCUT2D eigenvalue weighted by molar-refractivity contribution is 0.263. The van der Waals surface area contributed by atoms with Crippen LogP contribution in [0.15, 0.2) is 23.4 Å². The molecule has 0 atom stereocenters. The SMILES string of the molecule is OCc1nnc(SCCc2c(F)cccc2Cl)n1C1CC1. The first-order valence-corrected chi connectivity index (χ1v) is 8.17. The van der Waals surface area contributed by atoms with E-state index in [9.17, 15) is 9.50 Å². The Morgan fingerprint density at radius 3 is 2.86 bits per heavy atom. The van der Waals surface area contributed by atoms with Gasteiger partial charge in [-0.15, -0.1) is 10.2 Å². The standard InChI is InChI=1S/C14H15ClFN3OS/c15-11-2-1-3-12(16)10(11)6-7-21-14-18-17-13(8-20)19(14)9-4-5-9/h1-3,9,20H,4-8H2. The number of aromatic nitrogens is 3. The van der Waals surface area contributed by atoms with Crippen molar-refractivity contribution >= 4 is 23.4 Å². The predicted octanol–water partition coefficient (Wildman–Crippen LogP) is 3.23. The molecule has 112 valence electrons. The van der Waals surface area contributed by atoms with Crippen molar-refractivity contribution in [3.05, 3.63) is 40.4 Å². The highest BCUT2D eigenvalue weighted by Gasteiger charge is 2.29. The number of hydrogen-bond donors (Lipinski definition) is 1. The summed E-state index contributed by atoms with van der Waals surface area (Å²) in [4.78, 5) is 0. The molecule has 1 saturated carbocycles. The van der Waals surface area contributed by atoms with Crippen LogP contribution in [-0.4, -0.2) is 25.6 Å². The highest BCUT2D eigenvalue weighted by molar-refractivity contribution is 7.99. The highest BCUT2D eigenvalue weighted by Crippen LogP contribution is 2.38. The van der Waals surface area contributed by atoms with Gasteiger partial charge in [-0.25, -0.2) is 4.39 Å². The molecule has 1 N–H and O–H groups in total. The Morgan fingerprint density at radius 1 is 1.38 bits per heavy atom. The number of rotatable bonds is 6. The predicted molar refractivity (Wildman–Crippen MR) is 80.1 cm³/mol. The monoisotopic (exact) mass is 327 g/mol. The average molecular weight is 328 g/mol. The fourth-order valence-corrected chi connectivity index (χ4v) is 3.47. The average Bonchev–Trinajstić information content (AvgIpc) is 3.23. The topological polar surface area (TPSA) is 50.9 Å². The number of halogens is 2. The lowest BCUT2D eigenvalue weighted by Gasteiger charge is -2.08. The minimum Gasteiger partial charge on any atom is -0.388 e. The van der Waals surface area contributed by atoms with Gasteiger partial charge in [0, 0.05) is 22.4 Å². The summed E-state index contributed by atoms with van der Waals surface area (Å²) in [5, 5.41) is 18.6. The highest BCUT2D eigenvalue weighted by atomic mass is 35.5. The summed E-state index contributed by atoms with van der Waals surface area (Å²) >= 11 is 7.53. The van der Waals surface area contributed by atoms with Gasteiger partial charge in [0.15, 0.2) is 11.0 Å². The lowest BCUT2D eigenvalue weighted by atomic mass is 10.1. The molecule has 0 saturated heterocycles. The summed E-state index contributed by atoms with van der Waals surface area (Å²) in [6, 6.07) is 5.12. The van der Waals surface area contributed by atoms with E-state index in [-0.39, 0.29) is 12.4 Å². The van der Waals surface area contributed by atoms with Crippen LogP contribution in [0, 0.1) is 5.82 Å². The number of nitrogens with zero attached hydrogens (tertiary/aromatic N) is 3. The smallest absolute Gasteiger partial charge is 0.191 e. The van der Waals surface area contributed by atoms with Crippen LogP contribution in [0.5, 0.6) is 0 Å². The molecule has 0 amide bonds. The van der Waals surface area contributed by atoms with Crippen LogP contribution < -0.4 is 0 Å². The molecule has 0 spiro atoms. The van der Waals surface area contributed by atoms with Crippen LogP contribution in [0.4, 0.5) is 4.39 Å². The molecule has 0 aliphatic heterocycles. The number of benzene rings is 1. The zero-order valence-electron chi connectivity index (χ0n) is 11.3. The summed E-state index contributed by atoms with van der Waals surface area (Å²) in [5.74, 6) is 0.989. The molecule has 3 rings (SSSR count). The second-order valence-electron chi connectivity index (χ2n) is 4.96. The van der Waals surface area contributed by atoms with Crippen LogP contribution in [-0.2, 0) is 13.0 Å². The molecule has 1 heterocycles. The second kappa shape index (κ2) is 6.34. The van der Waals surface area contributed by atoms with E-state index in [2.05, 4.69) is 10.2 Å². The van der Waals surface area contributed by atoms with E-state index in [1.807, 2.05) is 4.57 Å². The molecule has 4 nitrogen and oxygen atoms in total. The Labute approximate surface area is 131 Å². The molecule has 0 radical (unpaired) electrons. The first-order chi connectivity index (χ1) is 10.2. The maximum Gasteiger partial charge on any atom is 0.191 e. The van der Waals surface area contributed by atoms with Gasteiger partial charge in [-0.3, -0.25) is 0 Å². The first-order valence-electron chi connectivity index (χ1n) is 6.81. The zero-order chi connectivity index (χ0) is 14.8. The van der Waals surface area contributed by atoms with Gasteiger partial charge < -0.3 is 9.67 Å². The third kappa shape index (κ3) is 3.22. The summed E-state index contributed by atoms with van der Waals surface area (Å²) in [5.41, 5.74) is 0.534. The molecule has 1 aromatic carbocycles. The molecule has 21 heavy (non-hydrogen) atoms. The van der Waals surface area contributed by atoms with Crippen molar-refractivity contribution in [2.75, 3.05) is 5.75 Å². The van der Waals surface area contributed by atoms with Crippen LogP contribution in [0.3, 0.4) is 0 Å². The molecular formula is C14H15ClFN3OS. The normalized spacial score (nSPS) is 14.6. The first kappa shape index (κ1) is 14.8. The van der Waals surface area contributed by atoms with Crippen molar-refractivity contribution in [3.63, 3.8) is 0 Å². The van der Waals surface area contributed by atoms with E-state index in [0.717, 1.165) is 18.0 Å². The maximum absolute atomic E-state index is 13.7. The lowest BCUT2D eigenvalue weighted by Crippen LogP contribution is -2.03. The quantitative estimate of drug-likeness (QED) is 0.828. The van der Waals surface area contributed by atoms with Crippen molar-refractivity contribution in [3.8, 4) is 0 Å². The molecule has 0 unspecified atom stereocenters. The minimum absolute atomic E-state index is 0.108. The molecular weight excluding hydrogens is 313 g/mol. The van der Waals surface area contributed by atoms with Crippen LogP contribution >= 0.6 is 23.4 Å². The van der Waals surface area contributed by atoms with E-state index in [4.69, 9.17) is 11.6 Å². The van der Waals surface area contributed by atoms with Crippen LogP contribution in [0.25, 0.3) is 0 Å². The third-order valence-corrected chi connectivity index (χ3v) is 4.73. The Balaban J connectivity index is 1.67. The third-order valence-electron chi connectivity index (χ3n) is 3.43. The summed E-state index contributed by atoms with van der Waals surface area (Å²) in [6.45, 7) is -0.108. The fraction of sp³-hybridized carbons (Fsp3) is 0.429. The Kier molecular flexibility index (Phi) is 4.47. The van der Waals surface area contributed by atoms with Crippen molar-refractivity contribution in [1.82, 2.24) is 14.8 Å².